The van der Waals surface area contributed by atoms with Gasteiger partial charge in [-0.25, -0.2) is 8.42 Å². The number of amides is 1. The lowest BCUT2D eigenvalue weighted by atomic mass is 10.2. The SMILES string of the molecule is COc1ccc(N(C(C)C(=O)NCc2nc(-c3cccs3)no2)S(C)(=O)=O)cc1. The van der Waals surface area contributed by atoms with Crippen LogP contribution in [0.1, 0.15) is 12.8 Å². The van der Waals surface area contributed by atoms with Crippen LogP contribution >= 0.6 is 11.3 Å². The number of carbonyl (C=O) groups excluding carboxylic acids is 1. The molecule has 2 aromatic heterocycles. The highest BCUT2D eigenvalue weighted by molar-refractivity contribution is 7.92. The Hall–Kier alpha value is -2.92. The van der Waals surface area contributed by atoms with Gasteiger partial charge in [-0.1, -0.05) is 11.2 Å². The van der Waals surface area contributed by atoms with Crippen LogP contribution in [-0.2, 0) is 21.4 Å². The van der Waals surface area contributed by atoms with Gasteiger partial charge in [0.25, 0.3) is 0 Å². The highest BCUT2D eigenvalue weighted by atomic mass is 32.2. The highest BCUT2D eigenvalue weighted by Gasteiger charge is 2.29. The lowest BCUT2D eigenvalue weighted by molar-refractivity contribution is -0.122. The number of thiophene rings is 1. The average molecular weight is 437 g/mol. The second-order valence-corrected chi connectivity index (χ2v) is 8.95. The summed E-state index contributed by atoms with van der Waals surface area (Å²) in [6.07, 6.45) is 1.05. The van der Waals surface area contributed by atoms with E-state index in [1.54, 1.807) is 24.3 Å². The summed E-state index contributed by atoms with van der Waals surface area (Å²) in [5.74, 6) is 0.747. The molecule has 0 bridgehead atoms. The lowest BCUT2D eigenvalue weighted by Gasteiger charge is -2.28. The summed E-state index contributed by atoms with van der Waals surface area (Å²) in [5.41, 5.74) is 0.355. The summed E-state index contributed by atoms with van der Waals surface area (Å²) >= 11 is 1.47. The number of nitrogens with one attached hydrogen (secondary N) is 1. The van der Waals surface area contributed by atoms with Crippen molar-refractivity contribution in [3.63, 3.8) is 0 Å². The molecule has 1 atom stereocenters. The summed E-state index contributed by atoms with van der Waals surface area (Å²) in [6, 6.07) is 9.16. The van der Waals surface area contributed by atoms with Crippen molar-refractivity contribution in [3.8, 4) is 16.5 Å². The molecule has 0 saturated carbocycles. The van der Waals surface area contributed by atoms with Crippen molar-refractivity contribution in [2.75, 3.05) is 17.7 Å². The van der Waals surface area contributed by atoms with E-state index in [1.165, 1.54) is 25.4 Å². The molecule has 0 aliphatic rings. The van der Waals surface area contributed by atoms with Gasteiger partial charge in [-0.15, -0.1) is 11.3 Å². The van der Waals surface area contributed by atoms with Crippen molar-refractivity contribution < 1.29 is 22.5 Å². The molecule has 0 fully saturated rings. The molecular formula is C18H20N4O5S2. The molecule has 3 aromatic rings. The van der Waals surface area contributed by atoms with E-state index < -0.39 is 22.0 Å². The van der Waals surface area contributed by atoms with Gasteiger partial charge >= 0.3 is 0 Å². The number of aromatic nitrogens is 2. The number of benzene rings is 1. The molecule has 29 heavy (non-hydrogen) atoms. The van der Waals surface area contributed by atoms with Gasteiger partial charge in [0.2, 0.25) is 27.6 Å². The van der Waals surface area contributed by atoms with Crippen LogP contribution < -0.4 is 14.4 Å². The van der Waals surface area contributed by atoms with Gasteiger partial charge < -0.3 is 14.6 Å². The first kappa shape index (κ1) is 20.8. The van der Waals surface area contributed by atoms with E-state index >= 15 is 0 Å². The van der Waals surface area contributed by atoms with Crippen molar-refractivity contribution >= 4 is 33.0 Å². The molecule has 0 saturated heterocycles. The smallest absolute Gasteiger partial charge is 0.246 e. The standard InChI is InChI=1S/C18H20N4O5S2/c1-12(22(29(3,24)25)13-6-8-14(26-2)9-7-13)18(23)19-11-16-20-17(21-27-16)15-5-4-10-28-15/h4-10,12H,11H2,1-3H3,(H,19,23). The van der Waals surface area contributed by atoms with Gasteiger partial charge in [0.05, 0.1) is 30.5 Å². The Morgan fingerprint density at radius 2 is 2.03 bits per heavy atom. The molecule has 1 unspecified atom stereocenters. The second kappa shape index (κ2) is 8.62. The van der Waals surface area contributed by atoms with Crippen LogP contribution in [0.25, 0.3) is 10.7 Å². The van der Waals surface area contributed by atoms with Gasteiger partial charge in [-0.05, 0) is 42.6 Å². The molecule has 2 heterocycles. The number of ether oxygens (including phenoxy) is 1. The number of carbonyl (C=O) groups is 1. The Morgan fingerprint density at radius 3 is 2.62 bits per heavy atom. The van der Waals surface area contributed by atoms with Crippen molar-refractivity contribution in [2.24, 2.45) is 0 Å². The van der Waals surface area contributed by atoms with E-state index in [4.69, 9.17) is 9.26 Å². The molecule has 3 rings (SSSR count). The van der Waals surface area contributed by atoms with Gasteiger partial charge in [0.15, 0.2) is 0 Å². The number of rotatable bonds is 8. The van der Waals surface area contributed by atoms with E-state index in [0.717, 1.165) is 15.4 Å². The Kier molecular flexibility index (Phi) is 6.18. The predicted molar refractivity (Wildman–Crippen MR) is 109 cm³/mol. The van der Waals surface area contributed by atoms with Gasteiger partial charge in [-0.3, -0.25) is 9.10 Å². The van der Waals surface area contributed by atoms with E-state index in [-0.39, 0.29) is 12.4 Å². The van der Waals surface area contributed by atoms with E-state index in [9.17, 15) is 13.2 Å². The maximum Gasteiger partial charge on any atom is 0.246 e. The predicted octanol–water partition coefficient (Wildman–Crippen LogP) is 2.28. The molecule has 0 radical (unpaired) electrons. The number of hydrogen-bond acceptors (Lipinski definition) is 8. The fourth-order valence-electron chi connectivity index (χ4n) is 2.68. The fraction of sp³-hybridized carbons (Fsp3) is 0.278. The monoisotopic (exact) mass is 436 g/mol. The molecule has 1 N–H and O–H groups in total. The van der Waals surface area contributed by atoms with E-state index in [0.29, 0.717) is 17.3 Å². The fourth-order valence-corrected chi connectivity index (χ4v) is 4.50. The maximum atomic E-state index is 12.6. The molecule has 1 amide bonds. The second-order valence-electron chi connectivity index (χ2n) is 6.14. The van der Waals surface area contributed by atoms with E-state index in [1.807, 2.05) is 17.5 Å². The molecule has 0 aliphatic carbocycles. The summed E-state index contributed by atoms with van der Waals surface area (Å²) in [5, 5.41) is 8.41. The van der Waals surface area contributed by atoms with Crippen LogP contribution in [0.4, 0.5) is 5.69 Å². The topological polar surface area (TPSA) is 115 Å². The molecule has 0 aliphatic heterocycles. The summed E-state index contributed by atoms with van der Waals surface area (Å²) < 4.78 is 35.9. The average Bonchev–Trinajstić information content (AvgIpc) is 3.37. The zero-order chi connectivity index (χ0) is 21.0. The lowest BCUT2D eigenvalue weighted by Crippen LogP contribution is -2.47. The normalized spacial score (nSPS) is 12.4. The molecule has 1 aromatic carbocycles. The van der Waals surface area contributed by atoms with Crippen LogP contribution in [0, 0.1) is 0 Å². The summed E-state index contributed by atoms with van der Waals surface area (Å²) in [7, 11) is -2.19. The van der Waals surface area contributed by atoms with Crippen LogP contribution in [-0.4, -0.2) is 43.9 Å². The van der Waals surface area contributed by atoms with Crippen LogP contribution in [0.3, 0.4) is 0 Å². The molecule has 9 nitrogen and oxygen atoms in total. The quantitative estimate of drug-likeness (QED) is 0.576. The van der Waals surface area contributed by atoms with Crippen molar-refractivity contribution in [2.45, 2.75) is 19.5 Å². The van der Waals surface area contributed by atoms with Gasteiger partial charge in [0, 0.05) is 0 Å². The minimum atomic E-state index is -3.71. The zero-order valence-electron chi connectivity index (χ0n) is 16.0. The molecule has 154 valence electrons. The van der Waals surface area contributed by atoms with Crippen molar-refractivity contribution in [1.82, 2.24) is 15.5 Å². The first-order valence-electron chi connectivity index (χ1n) is 8.57. The first-order valence-corrected chi connectivity index (χ1v) is 11.3. The van der Waals surface area contributed by atoms with E-state index in [2.05, 4.69) is 15.5 Å². The maximum absolute atomic E-state index is 12.6. The number of hydrogen-bond donors (Lipinski definition) is 1. The Bertz CT molecular complexity index is 1060. The van der Waals surface area contributed by atoms with Crippen molar-refractivity contribution in [1.29, 1.82) is 0 Å². The zero-order valence-corrected chi connectivity index (χ0v) is 17.7. The van der Waals surface area contributed by atoms with Crippen LogP contribution in [0.2, 0.25) is 0 Å². The summed E-state index contributed by atoms with van der Waals surface area (Å²) in [6.45, 7) is 1.49. The first-order chi connectivity index (χ1) is 13.8. The minimum Gasteiger partial charge on any atom is -0.497 e. The molecule has 11 heteroatoms. The number of methoxy groups -OCH3 is 1. The van der Waals surface area contributed by atoms with Crippen LogP contribution in [0.15, 0.2) is 46.3 Å². The largest absolute Gasteiger partial charge is 0.497 e. The number of sulfonamides is 1. The van der Waals surface area contributed by atoms with Crippen molar-refractivity contribution in [3.05, 3.63) is 47.7 Å². The number of nitrogens with zero attached hydrogens (tertiary/aromatic N) is 3. The van der Waals surface area contributed by atoms with Gasteiger partial charge in [0.1, 0.15) is 11.8 Å². The Morgan fingerprint density at radius 1 is 1.31 bits per heavy atom. The molecular weight excluding hydrogens is 416 g/mol. The number of anilines is 1. The summed E-state index contributed by atoms with van der Waals surface area (Å²) in [4.78, 5) is 17.7. The Labute approximate surface area is 172 Å². The Balaban J connectivity index is 1.70. The minimum absolute atomic E-state index is 0.0121. The third-order valence-electron chi connectivity index (χ3n) is 4.04. The third kappa shape index (κ3) is 4.93. The molecule has 0 spiro atoms. The van der Waals surface area contributed by atoms with Crippen LogP contribution in [0.5, 0.6) is 5.75 Å². The van der Waals surface area contributed by atoms with Gasteiger partial charge in [-0.2, -0.15) is 4.98 Å². The third-order valence-corrected chi connectivity index (χ3v) is 6.15. The highest BCUT2D eigenvalue weighted by Crippen LogP contribution is 2.24.